The Balaban J connectivity index is 2.10. The lowest BCUT2D eigenvalue weighted by Crippen LogP contribution is -2.11. The normalized spacial score (nSPS) is 10.8. The fraction of sp³-hybridized carbons (Fsp3) is 0.267. The Kier molecular flexibility index (Phi) is 4.44. The summed E-state index contributed by atoms with van der Waals surface area (Å²) in [6.07, 6.45) is 4.35. The van der Waals surface area contributed by atoms with Crippen molar-refractivity contribution in [2.24, 2.45) is 0 Å². The summed E-state index contributed by atoms with van der Waals surface area (Å²) in [7, 11) is 1.46. The van der Waals surface area contributed by atoms with Crippen LogP contribution in [0.15, 0.2) is 18.7 Å². The maximum atomic E-state index is 12.3. The second kappa shape index (κ2) is 6.69. The Morgan fingerprint density at radius 2 is 2.16 bits per heavy atom. The highest BCUT2D eigenvalue weighted by atomic mass is 16.5. The molecule has 0 atom stereocenters. The fourth-order valence-corrected chi connectivity index (χ4v) is 2.37. The third kappa shape index (κ3) is 3.06. The lowest BCUT2D eigenvalue weighted by Gasteiger charge is -2.07. The number of aromatic nitrogens is 5. The number of esters is 1. The molecule has 0 amide bonds. The predicted molar refractivity (Wildman–Crippen MR) is 84.4 cm³/mol. The van der Waals surface area contributed by atoms with Crippen molar-refractivity contribution in [1.29, 1.82) is 0 Å². The highest BCUT2D eigenvalue weighted by Crippen LogP contribution is 2.31. The molecule has 3 aromatic heterocycles. The number of fused-ring (bicyclic) bond motifs is 1. The number of carbonyl (C=O) groups is 2. The molecule has 0 saturated heterocycles. The van der Waals surface area contributed by atoms with E-state index in [2.05, 4.69) is 20.1 Å². The molecule has 3 heterocycles. The van der Waals surface area contributed by atoms with Crippen molar-refractivity contribution in [1.82, 2.24) is 24.7 Å². The maximum absolute atomic E-state index is 12.3. The molecule has 3 aromatic rings. The highest BCUT2D eigenvalue weighted by molar-refractivity contribution is 6.12. The molecule has 0 unspecified atom stereocenters. The standard InChI is InChI=1S/C15H15N5O5/c1-8(22)25-6-10(23)9-3-16-14-13(9)11(24-2)4-17-15(14)20-7-18-12(5-21)19-20/h3-4,7,16,21H,5-6H2,1-2H3. The summed E-state index contributed by atoms with van der Waals surface area (Å²) < 4.78 is 11.4. The first kappa shape index (κ1) is 16.6. The third-order valence-electron chi connectivity index (χ3n) is 3.48. The van der Waals surface area contributed by atoms with E-state index in [0.29, 0.717) is 28.0 Å². The van der Waals surface area contributed by atoms with Crippen molar-refractivity contribution in [3.05, 3.63) is 30.1 Å². The number of nitrogens with zero attached hydrogens (tertiary/aromatic N) is 4. The molecule has 10 heteroatoms. The van der Waals surface area contributed by atoms with Gasteiger partial charge in [-0.1, -0.05) is 0 Å². The molecule has 0 fully saturated rings. The monoisotopic (exact) mass is 345 g/mol. The molecule has 2 N–H and O–H groups in total. The lowest BCUT2D eigenvalue weighted by molar-refractivity contribution is -0.139. The minimum Gasteiger partial charge on any atom is -0.494 e. The molecular weight excluding hydrogens is 330 g/mol. The van der Waals surface area contributed by atoms with Crippen LogP contribution in [0.3, 0.4) is 0 Å². The van der Waals surface area contributed by atoms with Gasteiger partial charge in [0.15, 0.2) is 18.2 Å². The average molecular weight is 345 g/mol. The van der Waals surface area contributed by atoms with Crippen molar-refractivity contribution < 1.29 is 24.2 Å². The molecule has 10 nitrogen and oxygen atoms in total. The summed E-state index contributed by atoms with van der Waals surface area (Å²) >= 11 is 0. The van der Waals surface area contributed by atoms with Gasteiger partial charge in [-0.25, -0.2) is 14.6 Å². The zero-order valence-corrected chi connectivity index (χ0v) is 13.5. The van der Waals surface area contributed by atoms with E-state index in [1.54, 1.807) is 0 Å². The molecule has 0 aliphatic rings. The van der Waals surface area contributed by atoms with Gasteiger partial charge in [0, 0.05) is 13.1 Å². The van der Waals surface area contributed by atoms with Crippen LogP contribution < -0.4 is 4.74 Å². The zero-order valence-electron chi connectivity index (χ0n) is 13.5. The predicted octanol–water partition coefficient (Wildman–Crippen LogP) is 0.390. The Bertz CT molecular complexity index is 945. The van der Waals surface area contributed by atoms with E-state index < -0.39 is 5.97 Å². The number of aliphatic hydroxyl groups excluding tert-OH is 1. The first-order valence-corrected chi connectivity index (χ1v) is 7.27. The number of ether oxygens (including phenoxy) is 2. The Morgan fingerprint density at radius 3 is 2.80 bits per heavy atom. The summed E-state index contributed by atoms with van der Waals surface area (Å²) in [5.74, 6) is 0.0832. The van der Waals surface area contributed by atoms with Crippen molar-refractivity contribution in [3.8, 4) is 11.6 Å². The number of Topliss-reactive ketones (excluding diaryl/α,β-unsaturated/α-hetero) is 1. The number of aromatic amines is 1. The van der Waals surface area contributed by atoms with Crippen LogP contribution in [-0.4, -0.2) is 55.3 Å². The van der Waals surface area contributed by atoms with Gasteiger partial charge in [0.1, 0.15) is 18.7 Å². The molecule has 3 rings (SSSR count). The molecule has 0 radical (unpaired) electrons. The van der Waals surface area contributed by atoms with Gasteiger partial charge in [-0.15, -0.1) is 5.10 Å². The van der Waals surface area contributed by atoms with Crippen LogP contribution in [0.5, 0.6) is 5.75 Å². The summed E-state index contributed by atoms with van der Waals surface area (Å²) in [4.78, 5) is 34.5. The summed E-state index contributed by atoms with van der Waals surface area (Å²) in [6, 6.07) is 0. The van der Waals surface area contributed by atoms with Gasteiger partial charge in [-0.05, 0) is 0 Å². The lowest BCUT2D eigenvalue weighted by atomic mass is 10.1. The highest BCUT2D eigenvalue weighted by Gasteiger charge is 2.21. The van der Waals surface area contributed by atoms with Gasteiger partial charge in [-0.2, -0.15) is 0 Å². The molecule has 0 aromatic carbocycles. The minimum atomic E-state index is -0.540. The van der Waals surface area contributed by atoms with Crippen LogP contribution in [0.2, 0.25) is 0 Å². The zero-order chi connectivity index (χ0) is 18.0. The quantitative estimate of drug-likeness (QED) is 0.484. The molecular formula is C15H15N5O5. The van der Waals surface area contributed by atoms with Crippen LogP contribution in [0.1, 0.15) is 23.1 Å². The van der Waals surface area contributed by atoms with E-state index in [9.17, 15) is 9.59 Å². The molecule has 0 aliphatic heterocycles. The number of pyridine rings is 1. The number of hydrogen-bond donors (Lipinski definition) is 2. The number of hydrogen-bond acceptors (Lipinski definition) is 8. The van der Waals surface area contributed by atoms with Gasteiger partial charge in [0.2, 0.25) is 5.78 Å². The number of methoxy groups -OCH3 is 1. The second-order valence-corrected chi connectivity index (χ2v) is 5.07. The number of carbonyl (C=O) groups excluding carboxylic acids is 2. The molecule has 0 saturated carbocycles. The minimum absolute atomic E-state index is 0.239. The Morgan fingerprint density at radius 1 is 1.36 bits per heavy atom. The number of aliphatic hydroxyl groups is 1. The molecule has 0 aliphatic carbocycles. The Hall–Kier alpha value is -3.27. The van der Waals surface area contributed by atoms with Crippen molar-refractivity contribution >= 4 is 22.7 Å². The van der Waals surface area contributed by atoms with Crippen LogP contribution in [-0.2, 0) is 16.1 Å². The third-order valence-corrected chi connectivity index (χ3v) is 3.48. The fourth-order valence-electron chi connectivity index (χ4n) is 2.37. The smallest absolute Gasteiger partial charge is 0.303 e. The topological polar surface area (TPSA) is 132 Å². The van der Waals surface area contributed by atoms with Gasteiger partial charge in [-0.3, -0.25) is 9.59 Å². The summed E-state index contributed by atoms with van der Waals surface area (Å²) in [6.45, 7) is 0.554. The summed E-state index contributed by atoms with van der Waals surface area (Å²) in [5, 5.41) is 13.7. The largest absolute Gasteiger partial charge is 0.494 e. The number of ketones is 1. The second-order valence-electron chi connectivity index (χ2n) is 5.07. The SMILES string of the molecule is COc1cnc(-n2cnc(CO)n2)c2[nH]cc(C(=O)COC(C)=O)c12. The van der Waals surface area contributed by atoms with Crippen molar-refractivity contribution in [2.75, 3.05) is 13.7 Å². The van der Waals surface area contributed by atoms with E-state index in [0.717, 1.165) is 0 Å². The van der Waals surface area contributed by atoms with Crippen LogP contribution in [0.25, 0.3) is 16.7 Å². The van der Waals surface area contributed by atoms with Crippen LogP contribution in [0, 0.1) is 0 Å². The Labute approximate surface area is 141 Å². The van der Waals surface area contributed by atoms with Crippen molar-refractivity contribution in [2.45, 2.75) is 13.5 Å². The van der Waals surface area contributed by atoms with Crippen LogP contribution in [0.4, 0.5) is 0 Å². The first-order valence-electron chi connectivity index (χ1n) is 7.27. The van der Waals surface area contributed by atoms with Gasteiger partial charge >= 0.3 is 5.97 Å². The average Bonchev–Trinajstić information content (AvgIpc) is 3.25. The van der Waals surface area contributed by atoms with E-state index in [1.165, 1.54) is 37.4 Å². The maximum Gasteiger partial charge on any atom is 0.303 e. The van der Waals surface area contributed by atoms with Crippen molar-refractivity contribution in [3.63, 3.8) is 0 Å². The number of H-pyrrole nitrogens is 1. The molecule has 130 valence electrons. The van der Waals surface area contributed by atoms with E-state index >= 15 is 0 Å². The van der Waals surface area contributed by atoms with E-state index in [-0.39, 0.29) is 24.8 Å². The van der Waals surface area contributed by atoms with Gasteiger partial charge in [0.25, 0.3) is 0 Å². The number of rotatable bonds is 6. The summed E-state index contributed by atoms with van der Waals surface area (Å²) in [5.41, 5.74) is 0.805. The molecule has 0 bridgehead atoms. The van der Waals surface area contributed by atoms with Gasteiger partial charge < -0.3 is 19.6 Å². The molecule has 0 spiro atoms. The van der Waals surface area contributed by atoms with Gasteiger partial charge in [0.05, 0.1) is 29.8 Å². The number of nitrogens with one attached hydrogen (secondary N) is 1. The van der Waals surface area contributed by atoms with Crippen LogP contribution >= 0.6 is 0 Å². The van der Waals surface area contributed by atoms with E-state index in [4.69, 9.17) is 14.6 Å². The van der Waals surface area contributed by atoms with E-state index in [1.807, 2.05) is 0 Å². The molecule has 25 heavy (non-hydrogen) atoms. The first-order chi connectivity index (χ1) is 12.0.